The van der Waals surface area contributed by atoms with E-state index in [-0.39, 0.29) is 57.6 Å². The Morgan fingerprint density at radius 2 is 1.89 bits per heavy atom. The summed E-state index contributed by atoms with van der Waals surface area (Å²) >= 11 is 0. The second-order valence-electron chi connectivity index (χ2n) is 9.97. The van der Waals surface area contributed by atoms with Crippen molar-refractivity contribution in [2.45, 2.75) is 25.2 Å². The number of carbonyl (C=O) groups excluding carboxylic acids is 2. The summed E-state index contributed by atoms with van der Waals surface area (Å²) < 4.78 is 46.3. The van der Waals surface area contributed by atoms with Crippen molar-refractivity contribution >= 4 is 29.0 Å². The van der Waals surface area contributed by atoms with E-state index < -0.39 is 18.1 Å². The minimum absolute atomic E-state index is 0.0175. The Balaban J connectivity index is 1.34. The lowest BCUT2D eigenvalue weighted by Gasteiger charge is -2.19. The van der Waals surface area contributed by atoms with E-state index in [1.807, 2.05) is 0 Å². The van der Waals surface area contributed by atoms with E-state index in [1.54, 1.807) is 0 Å². The van der Waals surface area contributed by atoms with Gasteiger partial charge in [0.15, 0.2) is 11.5 Å². The SMILES string of the molecule is C=C(CCN1CCC(O)C1)Nc1nccc(OC)c1C(=O)Nc1cnc(OC)cc1C(=O)Nc1ccc2c(c1)OC(F)(F)O2. The van der Waals surface area contributed by atoms with Crippen LogP contribution in [0.15, 0.2) is 55.0 Å². The van der Waals surface area contributed by atoms with Gasteiger partial charge in [-0.3, -0.25) is 9.59 Å². The molecule has 4 N–H and O–H groups in total. The summed E-state index contributed by atoms with van der Waals surface area (Å²) in [5.74, 6) is -1.33. The van der Waals surface area contributed by atoms with Gasteiger partial charge in [0.1, 0.15) is 17.1 Å². The Bertz CT molecular complexity index is 1590. The zero-order valence-electron chi connectivity index (χ0n) is 23.9. The van der Waals surface area contributed by atoms with Crippen LogP contribution in [0.25, 0.3) is 0 Å². The van der Waals surface area contributed by atoms with Gasteiger partial charge in [-0.2, -0.15) is 0 Å². The molecule has 1 atom stereocenters. The molecule has 15 heteroatoms. The van der Waals surface area contributed by atoms with Crippen LogP contribution in [-0.4, -0.2) is 78.0 Å². The summed E-state index contributed by atoms with van der Waals surface area (Å²) in [6.45, 7) is 6.09. The number of nitrogens with one attached hydrogen (secondary N) is 3. The first kappa shape index (κ1) is 30.4. The topological polar surface area (TPSA) is 156 Å². The Kier molecular flexibility index (Phi) is 8.78. The van der Waals surface area contributed by atoms with E-state index in [1.165, 1.54) is 56.9 Å². The molecule has 0 bridgehead atoms. The average Bonchev–Trinajstić information content (AvgIpc) is 3.55. The minimum Gasteiger partial charge on any atom is -0.496 e. The fraction of sp³-hybridized carbons (Fsp3) is 0.310. The number of ether oxygens (including phenoxy) is 4. The molecule has 2 aliphatic rings. The van der Waals surface area contributed by atoms with Gasteiger partial charge in [0, 0.05) is 49.3 Å². The number of anilines is 3. The summed E-state index contributed by atoms with van der Waals surface area (Å²) in [4.78, 5) is 37.5. The van der Waals surface area contributed by atoms with Gasteiger partial charge < -0.3 is 44.9 Å². The van der Waals surface area contributed by atoms with Crippen molar-refractivity contribution < 1.29 is 42.4 Å². The molecule has 44 heavy (non-hydrogen) atoms. The number of aromatic nitrogens is 2. The van der Waals surface area contributed by atoms with E-state index in [2.05, 4.69) is 46.9 Å². The number of methoxy groups -OCH3 is 2. The van der Waals surface area contributed by atoms with Crippen molar-refractivity contribution in [2.24, 2.45) is 0 Å². The first-order valence-electron chi connectivity index (χ1n) is 13.5. The molecule has 0 spiro atoms. The van der Waals surface area contributed by atoms with Gasteiger partial charge >= 0.3 is 6.29 Å². The lowest BCUT2D eigenvalue weighted by atomic mass is 10.1. The zero-order chi connectivity index (χ0) is 31.4. The van der Waals surface area contributed by atoms with Crippen molar-refractivity contribution in [2.75, 3.05) is 49.8 Å². The number of β-amino-alcohol motifs (C(OH)–C–C–N with tert-alkyl or cyclic N) is 1. The third kappa shape index (κ3) is 6.95. The van der Waals surface area contributed by atoms with Crippen LogP contribution in [0.3, 0.4) is 0 Å². The first-order chi connectivity index (χ1) is 21.0. The number of alkyl halides is 2. The monoisotopic (exact) mass is 612 g/mol. The summed E-state index contributed by atoms with van der Waals surface area (Å²) in [5, 5.41) is 18.1. The Labute approximate surface area is 250 Å². The molecule has 1 unspecified atom stereocenters. The second kappa shape index (κ2) is 12.7. The fourth-order valence-electron chi connectivity index (χ4n) is 4.71. The largest absolute Gasteiger partial charge is 0.586 e. The number of aliphatic hydroxyl groups is 1. The van der Waals surface area contributed by atoms with Crippen LogP contribution < -0.4 is 34.9 Å². The van der Waals surface area contributed by atoms with Crippen LogP contribution in [0.5, 0.6) is 23.1 Å². The van der Waals surface area contributed by atoms with Crippen molar-refractivity contribution in [3.8, 4) is 23.1 Å². The molecule has 5 rings (SSSR count). The molecule has 0 saturated carbocycles. The predicted octanol–water partition coefficient (Wildman–Crippen LogP) is 3.70. The molecule has 2 amide bonds. The van der Waals surface area contributed by atoms with Gasteiger partial charge in [-0.05, 0) is 31.0 Å². The molecule has 1 saturated heterocycles. The maximum atomic E-state index is 13.6. The maximum Gasteiger partial charge on any atom is 0.586 e. The molecule has 0 radical (unpaired) electrons. The average molecular weight is 613 g/mol. The van der Waals surface area contributed by atoms with Crippen LogP contribution in [0, 0.1) is 0 Å². The van der Waals surface area contributed by atoms with Crippen LogP contribution in [0.2, 0.25) is 0 Å². The van der Waals surface area contributed by atoms with Crippen molar-refractivity contribution in [3.63, 3.8) is 0 Å². The Morgan fingerprint density at radius 1 is 1.09 bits per heavy atom. The van der Waals surface area contributed by atoms with Gasteiger partial charge in [-0.1, -0.05) is 6.58 Å². The lowest BCUT2D eigenvalue weighted by Crippen LogP contribution is -2.25. The number of nitrogens with zero attached hydrogens (tertiary/aromatic N) is 3. The zero-order valence-corrected chi connectivity index (χ0v) is 23.9. The van der Waals surface area contributed by atoms with E-state index in [0.717, 1.165) is 13.0 Å². The van der Waals surface area contributed by atoms with Crippen molar-refractivity contribution in [3.05, 3.63) is 66.1 Å². The number of halogens is 2. The Hall–Kier alpha value is -5.02. The van der Waals surface area contributed by atoms with E-state index in [4.69, 9.17) is 9.47 Å². The van der Waals surface area contributed by atoms with E-state index >= 15 is 0 Å². The number of pyridine rings is 2. The number of benzene rings is 1. The second-order valence-corrected chi connectivity index (χ2v) is 9.97. The highest BCUT2D eigenvalue weighted by Crippen LogP contribution is 2.42. The van der Waals surface area contributed by atoms with E-state index in [9.17, 15) is 23.5 Å². The van der Waals surface area contributed by atoms with Gasteiger partial charge in [-0.25, -0.2) is 9.97 Å². The highest BCUT2D eigenvalue weighted by molar-refractivity contribution is 6.14. The number of aliphatic hydroxyl groups excluding tert-OH is 1. The molecule has 232 valence electrons. The molecule has 2 aliphatic heterocycles. The summed E-state index contributed by atoms with van der Waals surface area (Å²) in [6, 6.07) is 6.59. The molecule has 0 aliphatic carbocycles. The molecule has 4 heterocycles. The van der Waals surface area contributed by atoms with Gasteiger partial charge in [0.05, 0.1) is 37.8 Å². The molecule has 1 fully saturated rings. The third-order valence-corrected chi connectivity index (χ3v) is 6.87. The first-order valence-corrected chi connectivity index (χ1v) is 13.5. The number of likely N-dealkylation sites (tertiary alicyclic amines) is 1. The number of fused-ring (bicyclic) bond motifs is 1. The highest BCUT2D eigenvalue weighted by atomic mass is 19.3. The summed E-state index contributed by atoms with van der Waals surface area (Å²) in [5.41, 5.74) is 0.748. The van der Waals surface area contributed by atoms with Crippen LogP contribution >= 0.6 is 0 Å². The van der Waals surface area contributed by atoms with Gasteiger partial charge in [0.25, 0.3) is 11.8 Å². The minimum atomic E-state index is -3.81. The summed E-state index contributed by atoms with van der Waals surface area (Å²) in [7, 11) is 2.76. The van der Waals surface area contributed by atoms with Crippen LogP contribution in [0.1, 0.15) is 33.6 Å². The van der Waals surface area contributed by atoms with Gasteiger partial charge in [-0.15, -0.1) is 8.78 Å². The van der Waals surface area contributed by atoms with Crippen LogP contribution in [-0.2, 0) is 0 Å². The number of rotatable bonds is 11. The van der Waals surface area contributed by atoms with Crippen molar-refractivity contribution in [1.29, 1.82) is 0 Å². The normalized spacial score (nSPS) is 16.7. The number of hydrogen-bond acceptors (Lipinski definition) is 11. The maximum absolute atomic E-state index is 13.6. The standard InChI is InChI=1S/C29H30F2N6O7/c1-16(7-10-37-11-8-18(38)15-37)34-26-25(22(41-2)6-9-32-26)28(40)36-20-14-33-24(42-3)13-19(20)27(39)35-17-4-5-21-23(12-17)44-29(30,31)43-21/h4-6,9,12-14,18,38H,1,7-8,10-11,15H2,2-3H3,(H,32,34)(H,35,39)(H,36,40). The molecule has 1 aromatic carbocycles. The highest BCUT2D eigenvalue weighted by Gasteiger charge is 2.43. The Morgan fingerprint density at radius 3 is 2.61 bits per heavy atom. The number of carbonyl (C=O) groups is 2. The molecular formula is C29H30F2N6O7. The molecule has 13 nitrogen and oxygen atoms in total. The predicted molar refractivity (Wildman–Crippen MR) is 155 cm³/mol. The van der Waals surface area contributed by atoms with Crippen molar-refractivity contribution in [1.82, 2.24) is 14.9 Å². The third-order valence-electron chi connectivity index (χ3n) is 6.87. The van der Waals surface area contributed by atoms with Gasteiger partial charge in [0.2, 0.25) is 5.88 Å². The van der Waals surface area contributed by atoms with E-state index in [0.29, 0.717) is 25.2 Å². The summed E-state index contributed by atoms with van der Waals surface area (Å²) in [6.07, 6.45) is -0.182. The quantitative estimate of drug-likeness (QED) is 0.250. The number of amides is 2. The molecule has 3 aromatic rings. The molecule has 2 aromatic heterocycles. The molecular weight excluding hydrogens is 582 g/mol. The lowest BCUT2D eigenvalue weighted by molar-refractivity contribution is -0.286. The fourth-order valence-corrected chi connectivity index (χ4v) is 4.71. The van der Waals surface area contributed by atoms with Crippen LogP contribution in [0.4, 0.5) is 26.0 Å². The smallest absolute Gasteiger partial charge is 0.496 e. The number of hydrogen-bond donors (Lipinski definition) is 4.